The molecule has 28 heavy (non-hydrogen) atoms. The van der Waals surface area contributed by atoms with Crippen LogP contribution in [0.5, 0.6) is 5.75 Å². The van der Waals surface area contributed by atoms with Crippen molar-refractivity contribution in [1.29, 1.82) is 0 Å². The Morgan fingerprint density at radius 3 is 2.71 bits per heavy atom. The van der Waals surface area contributed by atoms with Crippen LogP contribution >= 0.6 is 0 Å². The second kappa shape index (κ2) is 7.70. The van der Waals surface area contributed by atoms with Gasteiger partial charge in [-0.25, -0.2) is 19.6 Å². The van der Waals surface area contributed by atoms with E-state index in [4.69, 9.17) is 4.74 Å². The Morgan fingerprint density at radius 1 is 1.14 bits per heavy atom. The van der Waals surface area contributed by atoms with Gasteiger partial charge in [0.15, 0.2) is 5.82 Å². The number of ether oxygens (including phenoxy) is 1. The fourth-order valence-corrected chi connectivity index (χ4v) is 2.58. The molecule has 0 radical (unpaired) electrons. The van der Waals surface area contributed by atoms with E-state index in [-0.39, 0.29) is 5.91 Å². The van der Waals surface area contributed by atoms with Gasteiger partial charge in [0.2, 0.25) is 0 Å². The molecular formula is C19H17N7O2. The largest absolute Gasteiger partial charge is 0.486 e. The van der Waals surface area contributed by atoms with E-state index < -0.39 is 0 Å². The SMILES string of the molecule is Cn1ccnc1COc1ccc(C(=O)Nc2cccnc2-n2cncn2)cc1. The molecule has 0 saturated carbocycles. The summed E-state index contributed by atoms with van der Waals surface area (Å²) < 4.78 is 9.09. The highest BCUT2D eigenvalue weighted by Gasteiger charge is 2.12. The Kier molecular flexibility index (Phi) is 4.79. The first-order valence-electron chi connectivity index (χ1n) is 8.51. The second-order valence-corrected chi connectivity index (χ2v) is 5.94. The van der Waals surface area contributed by atoms with Gasteiger partial charge in [-0.15, -0.1) is 0 Å². The summed E-state index contributed by atoms with van der Waals surface area (Å²) in [6.07, 6.45) is 8.13. The first-order chi connectivity index (χ1) is 13.7. The van der Waals surface area contributed by atoms with Crippen molar-refractivity contribution in [3.05, 3.63) is 79.0 Å². The van der Waals surface area contributed by atoms with E-state index >= 15 is 0 Å². The summed E-state index contributed by atoms with van der Waals surface area (Å²) in [5.74, 6) is 1.71. The van der Waals surface area contributed by atoms with Crippen LogP contribution in [0.1, 0.15) is 16.2 Å². The molecule has 0 unspecified atom stereocenters. The molecule has 1 aromatic carbocycles. The van der Waals surface area contributed by atoms with Crippen molar-refractivity contribution in [1.82, 2.24) is 29.3 Å². The standard InChI is InChI=1S/C19H17N7O2/c1-25-10-9-21-17(25)11-28-15-6-4-14(5-7-15)19(27)24-16-3-2-8-22-18(16)26-13-20-12-23-26/h2-10,12-13H,11H2,1H3,(H,24,27). The lowest BCUT2D eigenvalue weighted by molar-refractivity contribution is 0.102. The molecule has 0 fully saturated rings. The molecule has 0 aliphatic carbocycles. The molecule has 0 bridgehead atoms. The maximum absolute atomic E-state index is 12.6. The van der Waals surface area contributed by atoms with Gasteiger partial charge in [-0.1, -0.05) is 0 Å². The predicted octanol–water partition coefficient (Wildman–Crippen LogP) is 2.23. The summed E-state index contributed by atoms with van der Waals surface area (Å²) >= 11 is 0. The molecule has 4 aromatic rings. The smallest absolute Gasteiger partial charge is 0.255 e. The number of nitrogens with one attached hydrogen (secondary N) is 1. The van der Waals surface area contributed by atoms with E-state index in [0.717, 1.165) is 5.82 Å². The van der Waals surface area contributed by atoms with Crippen molar-refractivity contribution in [2.24, 2.45) is 7.05 Å². The van der Waals surface area contributed by atoms with Crippen molar-refractivity contribution >= 4 is 11.6 Å². The van der Waals surface area contributed by atoms with Gasteiger partial charge < -0.3 is 14.6 Å². The van der Waals surface area contributed by atoms with Crippen LogP contribution in [0.3, 0.4) is 0 Å². The number of amides is 1. The number of anilines is 1. The number of nitrogens with zero attached hydrogens (tertiary/aromatic N) is 6. The zero-order valence-electron chi connectivity index (χ0n) is 15.1. The van der Waals surface area contributed by atoms with E-state index in [2.05, 4.69) is 25.4 Å². The molecule has 9 heteroatoms. The first-order valence-corrected chi connectivity index (χ1v) is 8.51. The number of hydrogen-bond donors (Lipinski definition) is 1. The average molecular weight is 375 g/mol. The number of pyridine rings is 1. The Hall–Kier alpha value is -4.01. The van der Waals surface area contributed by atoms with Crippen LogP contribution in [0.25, 0.3) is 5.82 Å². The minimum absolute atomic E-state index is 0.259. The molecule has 4 rings (SSSR count). The highest BCUT2D eigenvalue weighted by molar-refractivity contribution is 6.05. The second-order valence-electron chi connectivity index (χ2n) is 5.94. The average Bonchev–Trinajstić information content (AvgIpc) is 3.39. The fourth-order valence-electron chi connectivity index (χ4n) is 2.58. The van der Waals surface area contributed by atoms with E-state index in [9.17, 15) is 4.79 Å². The van der Waals surface area contributed by atoms with E-state index in [1.54, 1.807) is 48.8 Å². The lowest BCUT2D eigenvalue weighted by atomic mass is 10.2. The van der Waals surface area contributed by atoms with Crippen LogP contribution in [0, 0.1) is 0 Å². The third-order valence-corrected chi connectivity index (χ3v) is 4.08. The summed E-state index contributed by atoms with van der Waals surface area (Å²) in [5.41, 5.74) is 1.03. The third-order valence-electron chi connectivity index (χ3n) is 4.08. The molecule has 140 valence electrons. The number of aryl methyl sites for hydroxylation is 1. The van der Waals surface area contributed by atoms with E-state index in [0.29, 0.717) is 29.4 Å². The summed E-state index contributed by atoms with van der Waals surface area (Å²) in [4.78, 5) is 25.0. The van der Waals surface area contributed by atoms with Gasteiger partial charge in [-0.05, 0) is 36.4 Å². The lowest BCUT2D eigenvalue weighted by Crippen LogP contribution is -2.14. The summed E-state index contributed by atoms with van der Waals surface area (Å²) in [7, 11) is 1.91. The van der Waals surface area contributed by atoms with Crippen LogP contribution in [-0.4, -0.2) is 35.2 Å². The zero-order chi connectivity index (χ0) is 19.3. The minimum atomic E-state index is -0.259. The van der Waals surface area contributed by atoms with E-state index in [1.807, 2.05) is 17.8 Å². The van der Waals surface area contributed by atoms with Crippen LogP contribution < -0.4 is 10.1 Å². The van der Waals surface area contributed by atoms with Gasteiger partial charge in [0.05, 0.1) is 5.69 Å². The number of carbonyl (C=O) groups excluding carboxylic acids is 1. The fraction of sp³-hybridized carbons (Fsp3) is 0.105. The molecular weight excluding hydrogens is 358 g/mol. The Balaban J connectivity index is 1.44. The molecule has 3 heterocycles. The highest BCUT2D eigenvalue weighted by atomic mass is 16.5. The number of rotatable bonds is 6. The Labute approximate surface area is 160 Å². The normalized spacial score (nSPS) is 10.6. The molecule has 9 nitrogen and oxygen atoms in total. The van der Waals surface area contributed by atoms with Crippen LogP contribution in [0.2, 0.25) is 0 Å². The quantitative estimate of drug-likeness (QED) is 0.555. The highest BCUT2D eigenvalue weighted by Crippen LogP contribution is 2.18. The van der Waals surface area contributed by atoms with Crippen LogP contribution in [0.4, 0.5) is 5.69 Å². The van der Waals surface area contributed by atoms with Crippen molar-refractivity contribution in [3.8, 4) is 11.6 Å². The minimum Gasteiger partial charge on any atom is -0.486 e. The number of aromatic nitrogens is 6. The number of hydrogen-bond acceptors (Lipinski definition) is 6. The molecule has 1 amide bonds. The summed E-state index contributed by atoms with van der Waals surface area (Å²) in [6.45, 7) is 0.353. The summed E-state index contributed by atoms with van der Waals surface area (Å²) in [5, 5.41) is 6.91. The first kappa shape index (κ1) is 17.4. The molecule has 0 aliphatic rings. The van der Waals surface area contributed by atoms with Gasteiger partial charge in [0.25, 0.3) is 5.91 Å². The van der Waals surface area contributed by atoms with Crippen LogP contribution in [-0.2, 0) is 13.7 Å². The van der Waals surface area contributed by atoms with E-state index in [1.165, 1.54) is 17.3 Å². The van der Waals surface area contributed by atoms with Crippen LogP contribution in [0.15, 0.2) is 67.6 Å². The molecule has 0 spiro atoms. The van der Waals surface area contributed by atoms with Gasteiger partial charge in [0, 0.05) is 31.2 Å². The number of carbonyl (C=O) groups is 1. The van der Waals surface area contributed by atoms with Crippen molar-refractivity contribution in [2.75, 3.05) is 5.32 Å². The van der Waals surface area contributed by atoms with Crippen molar-refractivity contribution < 1.29 is 9.53 Å². The maximum atomic E-state index is 12.6. The molecule has 3 aromatic heterocycles. The Morgan fingerprint density at radius 2 is 2.00 bits per heavy atom. The third kappa shape index (κ3) is 3.73. The van der Waals surface area contributed by atoms with Gasteiger partial charge in [0.1, 0.15) is 30.8 Å². The number of benzene rings is 1. The molecule has 0 saturated heterocycles. The van der Waals surface area contributed by atoms with Gasteiger partial charge in [-0.3, -0.25) is 4.79 Å². The molecule has 0 atom stereocenters. The summed E-state index contributed by atoms with van der Waals surface area (Å²) in [6, 6.07) is 10.4. The van der Waals surface area contributed by atoms with Crippen molar-refractivity contribution in [3.63, 3.8) is 0 Å². The number of imidazole rings is 1. The van der Waals surface area contributed by atoms with Crippen molar-refractivity contribution in [2.45, 2.75) is 6.61 Å². The molecule has 1 N–H and O–H groups in total. The monoisotopic (exact) mass is 375 g/mol. The maximum Gasteiger partial charge on any atom is 0.255 e. The predicted molar refractivity (Wildman–Crippen MR) is 101 cm³/mol. The lowest BCUT2D eigenvalue weighted by Gasteiger charge is -2.10. The van der Waals surface area contributed by atoms with Gasteiger partial charge in [-0.2, -0.15) is 5.10 Å². The zero-order valence-corrected chi connectivity index (χ0v) is 15.1. The Bertz CT molecular complexity index is 1070. The van der Waals surface area contributed by atoms with Gasteiger partial charge >= 0.3 is 0 Å². The topological polar surface area (TPSA) is 99.8 Å². The molecule has 0 aliphatic heterocycles.